The lowest BCUT2D eigenvalue weighted by Crippen LogP contribution is -2.23. The van der Waals surface area contributed by atoms with E-state index in [-0.39, 0.29) is 11.9 Å². The summed E-state index contributed by atoms with van der Waals surface area (Å²) in [6.45, 7) is 4.85. The third-order valence-electron chi connectivity index (χ3n) is 3.51. The van der Waals surface area contributed by atoms with Gasteiger partial charge in [-0.15, -0.1) is 0 Å². The summed E-state index contributed by atoms with van der Waals surface area (Å²) in [5.41, 5.74) is 2.96. The maximum Gasteiger partial charge on any atom is 0.129 e. The molecule has 1 aromatic carbocycles. The molecule has 2 heteroatoms. The number of benzene rings is 1. The first kappa shape index (κ1) is 12.6. The molecule has 0 radical (unpaired) electrons. The molecular weight excluding hydrogens is 215 g/mol. The summed E-state index contributed by atoms with van der Waals surface area (Å²) in [5, 5.41) is 0. The van der Waals surface area contributed by atoms with Crippen LogP contribution in [0.25, 0.3) is 0 Å². The second kappa shape index (κ2) is 5.63. The third kappa shape index (κ3) is 2.68. The summed E-state index contributed by atoms with van der Waals surface area (Å²) in [4.78, 5) is 0. The molecule has 0 N–H and O–H groups in total. The number of aryl methyl sites for hydroxylation is 1. The molecule has 0 bridgehead atoms. The van der Waals surface area contributed by atoms with E-state index in [0.29, 0.717) is 0 Å². The fourth-order valence-electron chi connectivity index (χ4n) is 2.66. The van der Waals surface area contributed by atoms with E-state index >= 15 is 0 Å². The second-order valence-electron chi connectivity index (χ2n) is 4.75. The molecule has 0 spiro atoms. The molecule has 1 aliphatic carbocycles. The van der Waals surface area contributed by atoms with Crippen molar-refractivity contribution in [2.75, 3.05) is 6.61 Å². The third-order valence-corrected chi connectivity index (χ3v) is 3.51. The van der Waals surface area contributed by atoms with Crippen LogP contribution in [0.1, 0.15) is 43.4 Å². The Morgan fingerprint density at radius 3 is 2.88 bits per heavy atom. The van der Waals surface area contributed by atoms with Gasteiger partial charge in [0, 0.05) is 6.61 Å². The number of halogens is 1. The average Bonchev–Trinajstić information content (AvgIpc) is 2.33. The zero-order valence-electron chi connectivity index (χ0n) is 10.8. The van der Waals surface area contributed by atoms with Crippen LogP contribution in [0.15, 0.2) is 12.1 Å². The maximum absolute atomic E-state index is 14.2. The molecule has 94 valence electrons. The summed E-state index contributed by atoms with van der Waals surface area (Å²) in [6, 6.07) is 4.04. The molecule has 0 saturated heterocycles. The molecule has 1 aromatic rings. The molecule has 17 heavy (non-hydrogen) atoms. The number of rotatable bonds is 4. The van der Waals surface area contributed by atoms with Crippen LogP contribution in [0, 0.1) is 5.82 Å². The lowest BCUT2D eigenvalue weighted by atomic mass is 9.87. The predicted octanol–water partition coefficient (Wildman–Crippen LogP) is 3.67. The second-order valence-corrected chi connectivity index (χ2v) is 4.75. The van der Waals surface area contributed by atoms with Crippen LogP contribution in [0.2, 0.25) is 0 Å². The lowest BCUT2D eigenvalue weighted by Gasteiger charge is -2.25. The molecule has 0 fully saturated rings. The quantitative estimate of drug-likeness (QED) is 0.775. The lowest BCUT2D eigenvalue weighted by molar-refractivity contribution is 0.0530. The van der Waals surface area contributed by atoms with Gasteiger partial charge in [-0.2, -0.15) is 0 Å². The van der Waals surface area contributed by atoms with Crippen LogP contribution in [-0.4, -0.2) is 12.7 Å². The summed E-state index contributed by atoms with van der Waals surface area (Å²) in [5.74, 6) is 0.0410. The smallest absolute Gasteiger partial charge is 0.129 e. The van der Waals surface area contributed by atoms with Gasteiger partial charge in [-0.1, -0.05) is 25.5 Å². The van der Waals surface area contributed by atoms with Gasteiger partial charge in [0.25, 0.3) is 0 Å². The zero-order valence-corrected chi connectivity index (χ0v) is 10.8. The Hall–Kier alpha value is -0.890. The van der Waals surface area contributed by atoms with Gasteiger partial charge < -0.3 is 4.74 Å². The largest absolute Gasteiger partial charge is 0.378 e. The van der Waals surface area contributed by atoms with Crippen molar-refractivity contribution in [2.45, 2.75) is 52.1 Å². The minimum Gasteiger partial charge on any atom is -0.378 e. The van der Waals surface area contributed by atoms with Crippen LogP contribution >= 0.6 is 0 Å². The highest BCUT2D eigenvalue weighted by Crippen LogP contribution is 2.27. The van der Waals surface area contributed by atoms with Crippen LogP contribution in [-0.2, 0) is 24.0 Å². The highest BCUT2D eigenvalue weighted by molar-refractivity contribution is 5.36. The fraction of sp³-hybridized carbons (Fsp3) is 0.600. The fourth-order valence-corrected chi connectivity index (χ4v) is 2.66. The number of hydrogen-bond acceptors (Lipinski definition) is 1. The first-order valence-corrected chi connectivity index (χ1v) is 6.67. The molecule has 1 atom stereocenters. The summed E-state index contributed by atoms with van der Waals surface area (Å²) in [7, 11) is 0. The molecule has 1 unspecified atom stereocenters. The van der Waals surface area contributed by atoms with E-state index in [1.165, 1.54) is 0 Å². The first-order valence-electron chi connectivity index (χ1n) is 6.67. The first-order chi connectivity index (χ1) is 8.26. The average molecular weight is 236 g/mol. The summed E-state index contributed by atoms with van der Waals surface area (Å²) < 4.78 is 19.8. The van der Waals surface area contributed by atoms with E-state index in [1.54, 1.807) is 0 Å². The van der Waals surface area contributed by atoms with E-state index in [9.17, 15) is 4.39 Å². The molecule has 0 aromatic heterocycles. The normalized spacial score (nSPS) is 19.1. The Kier molecular flexibility index (Phi) is 4.16. The Morgan fingerprint density at radius 1 is 1.35 bits per heavy atom. The van der Waals surface area contributed by atoms with Gasteiger partial charge in [-0.05, 0) is 49.3 Å². The van der Waals surface area contributed by atoms with Gasteiger partial charge in [0.2, 0.25) is 0 Å². The van der Waals surface area contributed by atoms with Gasteiger partial charge in [0.15, 0.2) is 0 Å². The molecular formula is C15H21FO. The van der Waals surface area contributed by atoms with Crippen molar-refractivity contribution in [1.82, 2.24) is 0 Å². The number of fused-ring (bicyclic) bond motifs is 1. The highest BCUT2D eigenvalue weighted by atomic mass is 19.1. The molecule has 1 nitrogen and oxygen atoms in total. The van der Waals surface area contributed by atoms with E-state index < -0.39 is 0 Å². The molecule has 0 amide bonds. The van der Waals surface area contributed by atoms with Gasteiger partial charge >= 0.3 is 0 Å². The maximum atomic E-state index is 14.2. The topological polar surface area (TPSA) is 9.23 Å². The molecule has 2 rings (SSSR count). The Bertz CT molecular complexity index is 387. The van der Waals surface area contributed by atoms with E-state index in [1.807, 2.05) is 13.0 Å². The van der Waals surface area contributed by atoms with Crippen molar-refractivity contribution in [3.8, 4) is 0 Å². The van der Waals surface area contributed by atoms with Crippen LogP contribution < -0.4 is 0 Å². The van der Waals surface area contributed by atoms with Gasteiger partial charge in [0.1, 0.15) is 5.82 Å². The van der Waals surface area contributed by atoms with E-state index in [2.05, 4.69) is 13.0 Å². The van der Waals surface area contributed by atoms with Crippen molar-refractivity contribution in [3.05, 3.63) is 34.6 Å². The zero-order chi connectivity index (χ0) is 12.3. The van der Waals surface area contributed by atoms with Crippen molar-refractivity contribution in [3.63, 3.8) is 0 Å². The number of ether oxygens (including phenoxy) is 1. The Labute approximate surface area is 103 Å². The Balaban J connectivity index is 2.21. The van der Waals surface area contributed by atoms with E-state index in [0.717, 1.165) is 55.4 Å². The SMILES string of the molecule is CCCc1ccc2c(c1F)CCC(OCC)C2. The van der Waals surface area contributed by atoms with Gasteiger partial charge in [-0.25, -0.2) is 4.39 Å². The van der Waals surface area contributed by atoms with Gasteiger partial charge in [-0.3, -0.25) is 0 Å². The van der Waals surface area contributed by atoms with Crippen molar-refractivity contribution < 1.29 is 9.13 Å². The monoisotopic (exact) mass is 236 g/mol. The van der Waals surface area contributed by atoms with E-state index in [4.69, 9.17) is 4.74 Å². The molecule has 0 heterocycles. The standard InChI is InChI=1S/C15H21FO/c1-3-5-11-6-7-12-10-13(17-4-2)8-9-14(12)15(11)16/h6-7,13H,3-5,8-10H2,1-2H3. The summed E-state index contributed by atoms with van der Waals surface area (Å²) in [6.07, 6.45) is 4.76. The van der Waals surface area contributed by atoms with Crippen LogP contribution in [0.4, 0.5) is 4.39 Å². The highest BCUT2D eigenvalue weighted by Gasteiger charge is 2.22. The Morgan fingerprint density at radius 2 is 2.18 bits per heavy atom. The van der Waals surface area contributed by atoms with Crippen LogP contribution in [0.3, 0.4) is 0 Å². The summed E-state index contributed by atoms with van der Waals surface area (Å²) >= 11 is 0. The van der Waals surface area contributed by atoms with Crippen molar-refractivity contribution in [2.24, 2.45) is 0 Å². The van der Waals surface area contributed by atoms with Crippen LogP contribution in [0.5, 0.6) is 0 Å². The molecule has 0 saturated carbocycles. The molecule has 0 aliphatic heterocycles. The van der Waals surface area contributed by atoms with Crippen molar-refractivity contribution >= 4 is 0 Å². The molecule has 1 aliphatic rings. The minimum atomic E-state index is 0.0410. The van der Waals surface area contributed by atoms with Gasteiger partial charge in [0.05, 0.1) is 6.10 Å². The predicted molar refractivity (Wildman–Crippen MR) is 67.8 cm³/mol. The number of hydrogen-bond donors (Lipinski definition) is 0. The minimum absolute atomic E-state index is 0.0410. The van der Waals surface area contributed by atoms with Crippen molar-refractivity contribution in [1.29, 1.82) is 0 Å².